The van der Waals surface area contributed by atoms with Crippen LogP contribution in [0.15, 0.2) is 36.4 Å². The number of fused-ring (bicyclic) bond motifs is 1. The van der Waals surface area contributed by atoms with Gasteiger partial charge in [-0.05, 0) is 23.3 Å². The van der Waals surface area contributed by atoms with Gasteiger partial charge in [0.15, 0.2) is 11.5 Å². The van der Waals surface area contributed by atoms with Gasteiger partial charge in [-0.3, -0.25) is 4.79 Å². The van der Waals surface area contributed by atoms with Crippen molar-refractivity contribution in [2.24, 2.45) is 0 Å². The van der Waals surface area contributed by atoms with Crippen molar-refractivity contribution in [2.75, 3.05) is 20.3 Å². The van der Waals surface area contributed by atoms with Gasteiger partial charge in [0.05, 0.1) is 24.8 Å². The first-order valence-corrected chi connectivity index (χ1v) is 8.50. The SMILES string of the molecule is COCc1ccccc1CNC(=O)c1cc(Cl)c2c(c1)OCCCO2. The van der Waals surface area contributed by atoms with E-state index in [4.69, 9.17) is 25.8 Å². The van der Waals surface area contributed by atoms with Crippen molar-refractivity contribution in [2.45, 2.75) is 19.6 Å². The standard InChI is InChI=1S/C19H20ClNO4/c1-23-12-14-6-3-2-5-13(14)11-21-19(22)15-9-16(20)18-17(10-15)24-7-4-8-25-18/h2-3,5-6,9-10H,4,7-8,11-12H2,1H3,(H,21,22). The molecule has 6 heteroatoms. The number of amides is 1. The summed E-state index contributed by atoms with van der Waals surface area (Å²) in [7, 11) is 1.65. The van der Waals surface area contributed by atoms with E-state index in [1.54, 1.807) is 19.2 Å². The van der Waals surface area contributed by atoms with E-state index in [9.17, 15) is 4.79 Å². The highest BCUT2D eigenvalue weighted by Crippen LogP contribution is 2.37. The van der Waals surface area contributed by atoms with Gasteiger partial charge in [-0.15, -0.1) is 0 Å². The third-order valence-electron chi connectivity index (χ3n) is 3.92. The Morgan fingerprint density at radius 3 is 2.76 bits per heavy atom. The van der Waals surface area contributed by atoms with Gasteiger partial charge in [0.1, 0.15) is 0 Å². The quantitative estimate of drug-likeness (QED) is 0.884. The molecule has 1 aliphatic heterocycles. The number of benzene rings is 2. The lowest BCUT2D eigenvalue weighted by molar-refractivity contribution is 0.0950. The van der Waals surface area contributed by atoms with E-state index in [0.29, 0.717) is 48.5 Å². The van der Waals surface area contributed by atoms with Crippen LogP contribution in [-0.2, 0) is 17.9 Å². The number of hydrogen-bond acceptors (Lipinski definition) is 4. The fourth-order valence-corrected chi connectivity index (χ4v) is 2.93. The predicted molar refractivity (Wildman–Crippen MR) is 95.4 cm³/mol. The minimum absolute atomic E-state index is 0.218. The van der Waals surface area contributed by atoms with Gasteiger partial charge in [-0.25, -0.2) is 0 Å². The fraction of sp³-hybridized carbons (Fsp3) is 0.316. The van der Waals surface area contributed by atoms with E-state index in [1.165, 1.54) is 0 Å². The first kappa shape index (κ1) is 17.6. The Morgan fingerprint density at radius 2 is 1.96 bits per heavy atom. The smallest absolute Gasteiger partial charge is 0.251 e. The van der Waals surface area contributed by atoms with Crippen LogP contribution < -0.4 is 14.8 Å². The summed E-state index contributed by atoms with van der Waals surface area (Å²) in [5.74, 6) is 0.792. The maximum absolute atomic E-state index is 12.5. The van der Waals surface area contributed by atoms with Gasteiger partial charge in [0, 0.05) is 25.6 Å². The largest absolute Gasteiger partial charge is 0.489 e. The summed E-state index contributed by atoms with van der Waals surface area (Å²) in [6.45, 7) is 2.00. The molecule has 3 rings (SSSR count). The number of carbonyl (C=O) groups excluding carboxylic acids is 1. The Morgan fingerprint density at radius 1 is 1.20 bits per heavy atom. The zero-order valence-electron chi connectivity index (χ0n) is 14.0. The van der Waals surface area contributed by atoms with Crippen LogP contribution >= 0.6 is 11.6 Å². The monoisotopic (exact) mass is 361 g/mol. The Balaban J connectivity index is 1.74. The first-order valence-electron chi connectivity index (χ1n) is 8.12. The average molecular weight is 362 g/mol. The van der Waals surface area contributed by atoms with Gasteiger partial charge < -0.3 is 19.5 Å². The lowest BCUT2D eigenvalue weighted by atomic mass is 10.1. The Bertz CT molecular complexity index is 763. The van der Waals surface area contributed by atoms with E-state index in [-0.39, 0.29) is 5.91 Å². The molecule has 1 aliphatic rings. The molecule has 2 aromatic rings. The molecule has 0 radical (unpaired) electrons. The van der Waals surface area contributed by atoms with Gasteiger partial charge in [-0.2, -0.15) is 0 Å². The molecular formula is C19H20ClNO4. The summed E-state index contributed by atoms with van der Waals surface area (Å²) in [6.07, 6.45) is 0.781. The summed E-state index contributed by atoms with van der Waals surface area (Å²) >= 11 is 6.25. The Hall–Kier alpha value is -2.24. The molecule has 0 saturated carbocycles. The molecule has 1 amide bonds. The molecule has 0 atom stereocenters. The zero-order valence-corrected chi connectivity index (χ0v) is 14.8. The molecule has 1 heterocycles. The van der Waals surface area contributed by atoms with Crippen LogP contribution in [0, 0.1) is 0 Å². The molecule has 2 aromatic carbocycles. The number of methoxy groups -OCH3 is 1. The maximum Gasteiger partial charge on any atom is 0.251 e. The number of halogens is 1. The highest BCUT2D eigenvalue weighted by Gasteiger charge is 2.18. The summed E-state index contributed by atoms with van der Waals surface area (Å²) in [4.78, 5) is 12.5. The van der Waals surface area contributed by atoms with Crippen LogP contribution in [0.2, 0.25) is 5.02 Å². The van der Waals surface area contributed by atoms with Gasteiger partial charge >= 0.3 is 0 Å². The number of rotatable bonds is 5. The highest BCUT2D eigenvalue weighted by molar-refractivity contribution is 6.32. The Labute approximate surface area is 151 Å². The fourth-order valence-electron chi connectivity index (χ4n) is 2.67. The van der Waals surface area contributed by atoms with E-state index in [0.717, 1.165) is 17.5 Å². The summed E-state index contributed by atoms with van der Waals surface area (Å²) in [5, 5.41) is 3.29. The van der Waals surface area contributed by atoms with Crippen molar-refractivity contribution in [3.8, 4) is 11.5 Å². The van der Waals surface area contributed by atoms with Crippen molar-refractivity contribution in [3.63, 3.8) is 0 Å². The summed E-state index contributed by atoms with van der Waals surface area (Å²) < 4.78 is 16.4. The number of ether oxygens (including phenoxy) is 3. The number of nitrogens with one attached hydrogen (secondary N) is 1. The van der Waals surface area contributed by atoms with Crippen LogP contribution in [-0.4, -0.2) is 26.2 Å². The molecule has 25 heavy (non-hydrogen) atoms. The van der Waals surface area contributed by atoms with Crippen LogP contribution in [0.5, 0.6) is 11.5 Å². The molecular weight excluding hydrogens is 342 g/mol. The van der Waals surface area contributed by atoms with Crippen LogP contribution in [0.4, 0.5) is 0 Å². The second kappa shape index (κ2) is 8.23. The molecule has 0 fully saturated rings. The second-order valence-corrected chi connectivity index (χ2v) is 6.13. The molecule has 0 spiro atoms. The van der Waals surface area contributed by atoms with E-state index in [1.807, 2.05) is 24.3 Å². The summed E-state index contributed by atoms with van der Waals surface area (Å²) in [5.41, 5.74) is 2.50. The normalized spacial score (nSPS) is 13.2. The van der Waals surface area contributed by atoms with Crippen molar-refractivity contribution in [1.29, 1.82) is 0 Å². The van der Waals surface area contributed by atoms with Gasteiger partial charge in [-0.1, -0.05) is 35.9 Å². The van der Waals surface area contributed by atoms with Gasteiger partial charge in [0.2, 0.25) is 0 Å². The van der Waals surface area contributed by atoms with Gasteiger partial charge in [0.25, 0.3) is 5.91 Å². The van der Waals surface area contributed by atoms with Crippen molar-refractivity contribution >= 4 is 17.5 Å². The molecule has 5 nitrogen and oxygen atoms in total. The maximum atomic E-state index is 12.5. The van der Waals surface area contributed by atoms with Crippen molar-refractivity contribution < 1.29 is 19.0 Å². The van der Waals surface area contributed by atoms with Crippen LogP contribution in [0.25, 0.3) is 0 Å². The van der Waals surface area contributed by atoms with E-state index >= 15 is 0 Å². The molecule has 1 N–H and O–H groups in total. The highest BCUT2D eigenvalue weighted by atomic mass is 35.5. The van der Waals surface area contributed by atoms with Crippen LogP contribution in [0.3, 0.4) is 0 Å². The molecule has 0 saturated heterocycles. The van der Waals surface area contributed by atoms with E-state index in [2.05, 4.69) is 5.32 Å². The third kappa shape index (κ3) is 4.24. The lowest BCUT2D eigenvalue weighted by Gasteiger charge is -2.13. The lowest BCUT2D eigenvalue weighted by Crippen LogP contribution is -2.23. The third-order valence-corrected chi connectivity index (χ3v) is 4.20. The predicted octanol–water partition coefficient (Wildman–Crippen LogP) is 3.58. The zero-order chi connectivity index (χ0) is 17.6. The number of hydrogen-bond donors (Lipinski definition) is 1. The summed E-state index contributed by atoms with van der Waals surface area (Å²) in [6, 6.07) is 11.1. The Kier molecular flexibility index (Phi) is 5.79. The minimum Gasteiger partial charge on any atom is -0.489 e. The molecule has 0 unspecified atom stereocenters. The first-order chi connectivity index (χ1) is 12.2. The molecule has 0 bridgehead atoms. The molecule has 132 valence electrons. The molecule has 0 aliphatic carbocycles. The average Bonchev–Trinajstić information content (AvgIpc) is 2.87. The van der Waals surface area contributed by atoms with Crippen molar-refractivity contribution in [1.82, 2.24) is 5.32 Å². The molecule has 0 aromatic heterocycles. The minimum atomic E-state index is -0.218. The van der Waals surface area contributed by atoms with E-state index < -0.39 is 0 Å². The second-order valence-electron chi connectivity index (χ2n) is 5.72. The number of carbonyl (C=O) groups is 1. The van der Waals surface area contributed by atoms with Crippen molar-refractivity contribution in [3.05, 3.63) is 58.1 Å². The van der Waals surface area contributed by atoms with Crippen LogP contribution in [0.1, 0.15) is 27.9 Å². The topological polar surface area (TPSA) is 56.8 Å².